The first-order chi connectivity index (χ1) is 19.8. The third-order valence-corrected chi connectivity index (χ3v) is 7.74. The molecule has 0 aliphatic carbocycles. The van der Waals surface area contributed by atoms with Gasteiger partial charge in [0.25, 0.3) is 0 Å². The van der Waals surface area contributed by atoms with Crippen molar-refractivity contribution in [3.63, 3.8) is 0 Å². The van der Waals surface area contributed by atoms with E-state index in [0.717, 1.165) is 44.4 Å². The average molecular weight is 510 g/mol. The first-order valence-electron chi connectivity index (χ1n) is 13.4. The zero-order chi connectivity index (χ0) is 26.5. The van der Waals surface area contributed by atoms with Crippen LogP contribution in [-0.2, 0) is 0 Å². The average Bonchev–Trinajstić information content (AvgIpc) is 3.02. The van der Waals surface area contributed by atoms with Crippen molar-refractivity contribution in [2.24, 2.45) is 0 Å². The van der Waals surface area contributed by atoms with E-state index in [-0.39, 0.29) is 0 Å². The van der Waals surface area contributed by atoms with E-state index in [4.69, 9.17) is 4.98 Å². The highest BCUT2D eigenvalue weighted by Gasteiger charge is 2.11. The fourth-order valence-electron chi connectivity index (χ4n) is 5.60. The second kappa shape index (κ2) is 9.11. The molecule has 40 heavy (non-hydrogen) atoms. The molecule has 0 fully saturated rings. The number of hydrogen-bond donors (Lipinski definition) is 0. The number of rotatable bonds is 3. The van der Waals surface area contributed by atoms with Crippen LogP contribution in [0.25, 0.3) is 76.7 Å². The van der Waals surface area contributed by atoms with Crippen molar-refractivity contribution in [3.8, 4) is 33.6 Å². The van der Waals surface area contributed by atoms with Crippen molar-refractivity contribution >= 4 is 43.1 Å². The molecule has 0 N–H and O–H groups in total. The summed E-state index contributed by atoms with van der Waals surface area (Å²) in [5, 5.41) is 9.50. The Balaban J connectivity index is 1.33. The SMILES string of the molecule is c1ccc2cc3cc(-c4cc(-c5ccc6ccncc6c5)nc(-c5ccc6ccncc6c5)c4)ccc3cc2c1. The fraction of sp³-hybridized carbons (Fsp3) is 0. The van der Waals surface area contributed by atoms with E-state index in [2.05, 4.69) is 113 Å². The van der Waals surface area contributed by atoms with Crippen LogP contribution in [0.2, 0.25) is 0 Å². The van der Waals surface area contributed by atoms with Crippen LogP contribution < -0.4 is 0 Å². The third-order valence-electron chi connectivity index (χ3n) is 7.74. The molecule has 3 heterocycles. The first-order valence-corrected chi connectivity index (χ1v) is 13.4. The van der Waals surface area contributed by atoms with Gasteiger partial charge in [-0.25, -0.2) is 4.98 Å². The molecule has 3 nitrogen and oxygen atoms in total. The Morgan fingerprint density at radius 2 is 0.825 bits per heavy atom. The number of fused-ring (bicyclic) bond motifs is 4. The highest BCUT2D eigenvalue weighted by Crippen LogP contribution is 2.34. The third kappa shape index (κ3) is 3.96. The van der Waals surface area contributed by atoms with Gasteiger partial charge in [-0.1, -0.05) is 60.7 Å². The highest BCUT2D eigenvalue weighted by atomic mass is 14.7. The van der Waals surface area contributed by atoms with Gasteiger partial charge >= 0.3 is 0 Å². The van der Waals surface area contributed by atoms with E-state index in [0.29, 0.717) is 0 Å². The molecule has 0 saturated heterocycles. The standard InChI is InChI=1S/C37H23N3/c1-2-4-27-16-32-17-29(8-7-28(32)15-26(27)3-1)33-20-36(30-9-5-24-11-13-38-22-34(24)18-30)40-37(21-33)31-10-6-25-12-14-39-23-35(25)19-31/h1-23H. The van der Waals surface area contributed by atoms with Crippen LogP contribution in [-0.4, -0.2) is 15.0 Å². The van der Waals surface area contributed by atoms with Crippen LogP contribution in [0.4, 0.5) is 0 Å². The summed E-state index contributed by atoms with van der Waals surface area (Å²) in [6.45, 7) is 0. The second-order valence-corrected chi connectivity index (χ2v) is 10.3. The van der Waals surface area contributed by atoms with Gasteiger partial charge in [0.2, 0.25) is 0 Å². The minimum Gasteiger partial charge on any atom is -0.264 e. The maximum atomic E-state index is 5.18. The summed E-state index contributed by atoms with van der Waals surface area (Å²) in [5.41, 5.74) is 6.30. The summed E-state index contributed by atoms with van der Waals surface area (Å²) < 4.78 is 0. The van der Waals surface area contributed by atoms with Crippen molar-refractivity contribution in [1.29, 1.82) is 0 Å². The van der Waals surface area contributed by atoms with E-state index in [1.165, 1.54) is 32.3 Å². The molecule has 0 bridgehead atoms. The number of benzene rings is 5. The fourth-order valence-corrected chi connectivity index (χ4v) is 5.60. The summed E-state index contributed by atoms with van der Waals surface area (Å²) in [7, 11) is 0. The molecule has 5 aromatic carbocycles. The maximum absolute atomic E-state index is 5.18. The van der Waals surface area contributed by atoms with Crippen LogP contribution in [0.5, 0.6) is 0 Å². The lowest BCUT2D eigenvalue weighted by atomic mass is 9.96. The van der Waals surface area contributed by atoms with E-state index >= 15 is 0 Å². The summed E-state index contributed by atoms with van der Waals surface area (Å²) in [6, 6.07) is 41.2. The summed E-state index contributed by atoms with van der Waals surface area (Å²) in [5.74, 6) is 0. The molecule has 0 radical (unpaired) electrons. The lowest BCUT2D eigenvalue weighted by Gasteiger charge is -2.12. The quantitative estimate of drug-likeness (QED) is 0.223. The van der Waals surface area contributed by atoms with Crippen molar-refractivity contribution in [3.05, 3.63) is 140 Å². The van der Waals surface area contributed by atoms with Gasteiger partial charge in [0.15, 0.2) is 0 Å². The van der Waals surface area contributed by atoms with Gasteiger partial charge in [0, 0.05) is 46.7 Å². The Morgan fingerprint density at radius 3 is 1.45 bits per heavy atom. The maximum Gasteiger partial charge on any atom is 0.0715 e. The van der Waals surface area contributed by atoms with Crippen LogP contribution >= 0.6 is 0 Å². The zero-order valence-corrected chi connectivity index (χ0v) is 21.6. The molecule has 0 saturated carbocycles. The Bertz CT molecular complexity index is 2140. The molecular weight excluding hydrogens is 486 g/mol. The van der Waals surface area contributed by atoms with Gasteiger partial charge in [-0.3, -0.25) is 9.97 Å². The van der Waals surface area contributed by atoms with E-state index in [1.807, 2.05) is 36.9 Å². The number of hydrogen-bond acceptors (Lipinski definition) is 3. The molecule has 0 aliphatic heterocycles. The van der Waals surface area contributed by atoms with Crippen molar-refractivity contribution in [1.82, 2.24) is 15.0 Å². The monoisotopic (exact) mass is 509 g/mol. The van der Waals surface area contributed by atoms with Gasteiger partial charge in [-0.15, -0.1) is 0 Å². The van der Waals surface area contributed by atoms with Crippen LogP contribution in [0, 0.1) is 0 Å². The van der Waals surface area contributed by atoms with Crippen molar-refractivity contribution in [2.75, 3.05) is 0 Å². The lowest BCUT2D eigenvalue weighted by Crippen LogP contribution is -1.92. The van der Waals surface area contributed by atoms with Crippen LogP contribution in [0.3, 0.4) is 0 Å². The molecule has 186 valence electrons. The predicted molar refractivity (Wildman–Crippen MR) is 166 cm³/mol. The zero-order valence-electron chi connectivity index (χ0n) is 21.6. The molecule has 0 aliphatic rings. The molecule has 0 amide bonds. The molecule has 0 unspecified atom stereocenters. The molecule has 0 atom stereocenters. The summed E-state index contributed by atoms with van der Waals surface area (Å²) in [4.78, 5) is 13.8. The van der Waals surface area contributed by atoms with Gasteiger partial charge < -0.3 is 0 Å². The highest BCUT2D eigenvalue weighted by molar-refractivity contribution is 6.00. The number of pyridine rings is 3. The van der Waals surface area contributed by atoms with Gasteiger partial charge in [0.05, 0.1) is 11.4 Å². The van der Waals surface area contributed by atoms with Crippen LogP contribution in [0.1, 0.15) is 0 Å². The minimum atomic E-state index is 0.933. The van der Waals surface area contributed by atoms with Gasteiger partial charge in [-0.05, 0) is 98.0 Å². The molecule has 3 heteroatoms. The normalized spacial score (nSPS) is 11.5. The van der Waals surface area contributed by atoms with Crippen LogP contribution in [0.15, 0.2) is 140 Å². The summed E-state index contributed by atoms with van der Waals surface area (Å²) in [6.07, 6.45) is 7.48. The molecule has 0 spiro atoms. The lowest BCUT2D eigenvalue weighted by molar-refractivity contribution is 1.32. The van der Waals surface area contributed by atoms with E-state index in [1.54, 1.807) is 0 Å². The molecule has 8 aromatic rings. The number of aromatic nitrogens is 3. The van der Waals surface area contributed by atoms with Gasteiger partial charge in [0.1, 0.15) is 0 Å². The van der Waals surface area contributed by atoms with Crippen molar-refractivity contribution in [2.45, 2.75) is 0 Å². The molecule has 3 aromatic heterocycles. The predicted octanol–water partition coefficient (Wildman–Crippen LogP) is 9.49. The number of nitrogens with zero attached hydrogens (tertiary/aromatic N) is 3. The topological polar surface area (TPSA) is 38.7 Å². The first kappa shape index (κ1) is 22.6. The molecular formula is C37H23N3. The second-order valence-electron chi connectivity index (χ2n) is 10.3. The van der Waals surface area contributed by atoms with E-state index < -0.39 is 0 Å². The Morgan fingerprint density at radius 1 is 0.325 bits per heavy atom. The largest absolute Gasteiger partial charge is 0.264 e. The minimum absolute atomic E-state index is 0.933. The van der Waals surface area contributed by atoms with Crippen molar-refractivity contribution < 1.29 is 0 Å². The van der Waals surface area contributed by atoms with E-state index in [9.17, 15) is 0 Å². The Hall–Kier alpha value is -5.41. The summed E-state index contributed by atoms with van der Waals surface area (Å²) >= 11 is 0. The Labute approximate surface area is 231 Å². The molecule has 8 rings (SSSR count). The Kier molecular flexibility index (Phi) is 5.14. The smallest absolute Gasteiger partial charge is 0.0715 e. The van der Waals surface area contributed by atoms with Gasteiger partial charge in [-0.2, -0.15) is 0 Å².